The first kappa shape index (κ1) is 13.8. The van der Waals surface area contributed by atoms with Crippen LogP contribution in [0.1, 0.15) is 36.0 Å². The smallest absolute Gasteiger partial charge is 0.240 e. The Balaban J connectivity index is 1.43. The van der Waals surface area contributed by atoms with E-state index in [9.17, 15) is 0 Å². The van der Waals surface area contributed by atoms with Crippen LogP contribution in [0, 0.1) is 0 Å². The fourth-order valence-corrected chi connectivity index (χ4v) is 2.71. The third-order valence-electron chi connectivity index (χ3n) is 3.81. The summed E-state index contributed by atoms with van der Waals surface area (Å²) in [5.41, 5.74) is 0.982. The van der Waals surface area contributed by atoms with Crippen LogP contribution >= 0.6 is 11.6 Å². The third-order valence-corrected chi connectivity index (χ3v) is 4.17. The van der Waals surface area contributed by atoms with Gasteiger partial charge in [0.2, 0.25) is 12.7 Å². The van der Waals surface area contributed by atoms with Crippen LogP contribution < -0.4 is 9.47 Å². The topological polar surface area (TPSA) is 60.6 Å². The van der Waals surface area contributed by atoms with Gasteiger partial charge in [-0.1, -0.05) is 16.8 Å². The first-order valence-corrected chi connectivity index (χ1v) is 7.66. The molecule has 4 rings (SSSR count). The van der Waals surface area contributed by atoms with Crippen molar-refractivity contribution < 1.29 is 14.0 Å². The zero-order valence-electron chi connectivity index (χ0n) is 12.2. The average molecular weight is 322 g/mol. The Hall–Kier alpha value is -1.79. The van der Waals surface area contributed by atoms with Gasteiger partial charge in [-0.2, -0.15) is 4.98 Å². The molecule has 2 heterocycles. The van der Waals surface area contributed by atoms with Crippen molar-refractivity contribution in [3.8, 4) is 11.5 Å². The molecular formula is C15H16ClN3O3. The lowest BCUT2D eigenvalue weighted by Crippen LogP contribution is -2.17. The van der Waals surface area contributed by atoms with Gasteiger partial charge < -0.3 is 14.0 Å². The standard InChI is InChI=1S/C15H16ClN3O3/c1-19(7-14-17-15(18-22-14)9-2-3-9)6-10-4-12-13(5-11(10)16)21-8-20-12/h4-5,9H,2-3,6-8H2,1H3. The van der Waals surface area contributed by atoms with Gasteiger partial charge in [-0.25, -0.2) is 0 Å². The quantitative estimate of drug-likeness (QED) is 0.843. The molecule has 6 nitrogen and oxygen atoms in total. The van der Waals surface area contributed by atoms with Crippen LogP contribution in [0.4, 0.5) is 0 Å². The van der Waals surface area contributed by atoms with Gasteiger partial charge in [-0.3, -0.25) is 4.90 Å². The van der Waals surface area contributed by atoms with Crippen LogP contribution in [0.25, 0.3) is 0 Å². The minimum atomic E-state index is 0.247. The third kappa shape index (κ3) is 2.76. The maximum atomic E-state index is 6.30. The molecule has 2 aliphatic rings. The van der Waals surface area contributed by atoms with E-state index in [-0.39, 0.29) is 6.79 Å². The molecule has 0 N–H and O–H groups in total. The highest BCUT2D eigenvalue weighted by molar-refractivity contribution is 6.31. The van der Waals surface area contributed by atoms with Crippen LogP contribution in [-0.2, 0) is 13.1 Å². The molecule has 1 saturated carbocycles. The monoisotopic (exact) mass is 321 g/mol. The van der Waals surface area contributed by atoms with E-state index in [1.165, 1.54) is 12.8 Å². The first-order valence-electron chi connectivity index (χ1n) is 7.28. The molecule has 0 amide bonds. The highest BCUT2D eigenvalue weighted by Gasteiger charge is 2.28. The molecule has 0 spiro atoms. The molecule has 0 atom stereocenters. The van der Waals surface area contributed by atoms with Crippen molar-refractivity contribution in [3.05, 3.63) is 34.4 Å². The van der Waals surface area contributed by atoms with Gasteiger partial charge in [0, 0.05) is 23.6 Å². The summed E-state index contributed by atoms with van der Waals surface area (Å²) in [6, 6.07) is 3.72. The Bertz CT molecular complexity index is 699. The van der Waals surface area contributed by atoms with Gasteiger partial charge in [-0.05, 0) is 31.5 Å². The predicted octanol–water partition coefficient (Wildman–Crippen LogP) is 2.96. The van der Waals surface area contributed by atoms with Crippen LogP contribution in [0.15, 0.2) is 16.7 Å². The van der Waals surface area contributed by atoms with E-state index in [2.05, 4.69) is 15.0 Å². The summed E-state index contributed by atoms with van der Waals surface area (Å²) in [4.78, 5) is 6.51. The van der Waals surface area contributed by atoms with E-state index in [1.807, 2.05) is 13.1 Å². The highest BCUT2D eigenvalue weighted by atomic mass is 35.5. The van der Waals surface area contributed by atoms with E-state index in [0.29, 0.717) is 35.7 Å². The molecule has 1 aliphatic heterocycles. The molecule has 0 saturated heterocycles. The molecular weight excluding hydrogens is 306 g/mol. The second kappa shape index (κ2) is 5.44. The zero-order valence-corrected chi connectivity index (χ0v) is 13.0. The number of aromatic nitrogens is 2. The second-order valence-electron chi connectivity index (χ2n) is 5.79. The Kier molecular flexibility index (Phi) is 3.43. The minimum Gasteiger partial charge on any atom is -0.454 e. The lowest BCUT2D eigenvalue weighted by molar-refractivity contribution is 0.174. The second-order valence-corrected chi connectivity index (χ2v) is 6.20. The molecule has 0 unspecified atom stereocenters. The Morgan fingerprint density at radius 1 is 1.23 bits per heavy atom. The summed E-state index contributed by atoms with van der Waals surface area (Å²) in [7, 11) is 1.99. The van der Waals surface area contributed by atoms with Crippen molar-refractivity contribution in [2.24, 2.45) is 0 Å². The lowest BCUT2D eigenvalue weighted by atomic mass is 10.2. The van der Waals surface area contributed by atoms with E-state index in [4.69, 9.17) is 25.6 Å². The molecule has 22 heavy (non-hydrogen) atoms. The van der Waals surface area contributed by atoms with Crippen LogP contribution in [0.2, 0.25) is 5.02 Å². The van der Waals surface area contributed by atoms with E-state index < -0.39 is 0 Å². The maximum Gasteiger partial charge on any atom is 0.240 e. The molecule has 7 heteroatoms. The Morgan fingerprint density at radius 3 is 2.77 bits per heavy atom. The summed E-state index contributed by atoms with van der Waals surface area (Å²) >= 11 is 6.30. The maximum absolute atomic E-state index is 6.30. The Morgan fingerprint density at radius 2 is 2.00 bits per heavy atom. The number of nitrogens with zero attached hydrogens (tertiary/aromatic N) is 3. The SMILES string of the molecule is CN(Cc1nc(C2CC2)no1)Cc1cc2c(cc1Cl)OCO2. The summed E-state index contributed by atoms with van der Waals surface area (Å²) in [5.74, 6) is 3.42. The predicted molar refractivity (Wildman–Crippen MR) is 79.0 cm³/mol. The molecule has 1 aliphatic carbocycles. The fourth-order valence-electron chi connectivity index (χ4n) is 2.50. The van der Waals surface area contributed by atoms with Crippen molar-refractivity contribution in [2.45, 2.75) is 31.8 Å². The molecule has 1 aromatic heterocycles. The molecule has 0 radical (unpaired) electrons. The minimum absolute atomic E-state index is 0.247. The van der Waals surface area contributed by atoms with Crippen LogP contribution in [0.3, 0.4) is 0 Å². The van der Waals surface area contributed by atoms with E-state index in [1.54, 1.807) is 6.07 Å². The first-order chi connectivity index (χ1) is 10.7. The number of rotatable bonds is 5. The van der Waals surface area contributed by atoms with Crippen molar-refractivity contribution >= 4 is 11.6 Å². The number of hydrogen-bond acceptors (Lipinski definition) is 6. The van der Waals surface area contributed by atoms with Crippen molar-refractivity contribution in [3.63, 3.8) is 0 Å². The molecule has 0 bridgehead atoms. The molecule has 1 aromatic carbocycles. The lowest BCUT2D eigenvalue weighted by Gasteiger charge is -2.15. The van der Waals surface area contributed by atoms with Crippen molar-refractivity contribution in [1.82, 2.24) is 15.0 Å². The van der Waals surface area contributed by atoms with Crippen molar-refractivity contribution in [2.75, 3.05) is 13.8 Å². The van der Waals surface area contributed by atoms with Crippen molar-refractivity contribution in [1.29, 1.82) is 0 Å². The molecule has 1 fully saturated rings. The number of ether oxygens (including phenoxy) is 2. The highest BCUT2D eigenvalue weighted by Crippen LogP contribution is 2.38. The summed E-state index contributed by atoms with van der Waals surface area (Å²) in [6.45, 7) is 1.50. The summed E-state index contributed by atoms with van der Waals surface area (Å²) in [6.07, 6.45) is 2.34. The van der Waals surface area contributed by atoms with Gasteiger partial charge in [0.15, 0.2) is 17.3 Å². The largest absolute Gasteiger partial charge is 0.454 e. The van der Waals surface area contributed by atoms with E-state index >= 15 is 0 Å². The van der Waals surface area contributed by atoms with Gasteiger partial charge in [0.1, 0.15) is 0 Å². The fraction of sp³-hybridized carbons (Fsp3) is 0.467. The van der Waals surface area contributed by atoms with Gasteiger partial charge >= 0.3 is 0 Å². The Labute approximate surface area is 133 Å². The average Bonchev–Trinajstić information content (AvgIpc) is 3.07. The van der Waals surface area contributed by atoms with Crippen LogP contribution in [-0.4, -0.2) is 28.9 Å². The number of halogens is 1. The molecule has 2 aromatic rings. The summed E-state index contributed by atoms with van der Waals surface area (Å²) in [5, 5.41) is 4.69. The number of benzene rings is 1. The van der Waals surface area contributed by atoms with Gasteiger partial charge in [0.05, 0.1) is 6.54 Å². The van der Waals surface area contributed by atoms with Gasteiger partial charge in [0.25, 0.3) is 0 Å². The molecule has 116 valence electrons. The van der Waals surface area contributed by atoms with Gasteiger partial charge in [-0.15, -0.1) is 0 Å². The summed E-state index contributed by atoms with van der Waals surface area (Å²) < 4.78 is 16.0. The zero-order chi connectivity index (χ0) is 15.1. The normalized spacial score (nSPS) is 16.5. The van der Waals surface area contributed by atoms with Crippen LogP contribution in [0.5, 0.6) is 11.5 Å². The van der Waals surface area contributed by atoms with E-state index in [0.717, 1.165) is 17.1 Å². The number of hydrogen-bond donors (Lipinski definition) is 0. The number of fused-ring (bicyclic) bond motifs is 1.